The van der Waals surface area contributed by atoms with E-state index in [1.165, 1.54) is 37.7 Å². The molecule has 1 atom stereocenters. The fourth-order valence-corrected chi connectivity index (χ4v) is 4.30. The Hall–Kier alpha value is -0.680. The highest BCUT2D eigenvalue weighted by Gasteiger charge is 2.34. The van der Waals surface area contributed by atoms with Crippen molar-refractivity contribution in [2.75, 3.05) is 40.4 Å². The van der Waals surface area contributed by atoms with Gasteiger partial charge in [-0.15, -0.1) is 24.8 Å². The molecule has 1 aliphatic heterocycles. The van der Waals surface area contributed by atoms with Crippen molar-refractivity contribution in [2.24, 2.45) is 5.92 Å². The Morgan fingerprint density at radius 3 is 2.04 bits per heavy atom. The summed E-state index contributed by atoms with van der Waals surface area (Å²) in [5, 5.41) is 3.48. The van der Waals surface area contributed by atoms with Gasteiger partial charge in [0.25, 0.3) is 0 Å². The van der Waals surface area contributed by atoms with E-state index in [9.17, 15) is 0 Å². The van der Waals surface area contributed by atoms with Crippen molar-refractivity contribution in [3.8, 4) is 11.5 Å². The standard InChI is InChI=1S/C19H30N2O2.2ClH/c1-22-16-9-6-10-17(23-2)18(16)19(15-7-4-3-5-8-15)21-13-11-20-12-14-21;;/h6,9-10,15,19-20H,3-5,7-8,11-14H2,1-2H3;2*1H/t19-;;/m0../s1. The second-order valence-electron chi connectivity index (χ2n) is 6.71. The monoisotopic (exact) mass is 390 g/mol. The van der Waals surface area contributed by atoms with E-state index in [2.05, 4.69) is 22.3 Å². The smallest absolute Gasteiger partial charge is 0.127 e. The van der Waals surface area contributed by atoms with E-state index in [1.807, 2.05) is 6.07 Å². The summed E-state index contributed by atoms with van der Waals surface area (Å²) in [5.41, 5.74) is 1.26. The molecule has 1 aromatic carbocycles. The third-order valence-corrected chi connectivity index (χ3v) is 5.40. The van der Waals surface area contributed by atoms with E-state index in [-0.39, 0.29) is 24.8 Å². The van der Waals surface area contributed by atoms with Gasteiger partial charge in [-0.2, -0.15) is 0 Å². The van der Waals surface area contributed by atoms with Crippen LogP contribution in [0.2, 0.25) is 0 Å². The number of ether oxygens (including phenoxy) is 2. The van der Waals surface area contributed by atoms with Gasteiger partial charge in [0.2, 0.25) is 0 Å². The zero-order valence-electron chi connectivity index (χ0n) is 15.3. The highest BCUT2D eigenvalue weighted by Crippen LogP contribution is 2.45. The molecule has 2 fully saturated rings. The number of hydrogen-bond donors (Lipinski definition) is 1. The fraction of sp³-hybridized carbons (Fsp3) is 0.684. The lowest BCUT2D eigenvalue weighted by molar-refractivity contribution is 0.0990. The van der Waals surface area contributed by atoms with Crippen molar-refractivity contribution in [1.29, 1.82) is 0 Å². The number of halogens is 2. The molecule has 1 N–H and O–H groups in total. The van der Waals surface area contributed by atoms with Crippen LogP contribution in [0, 0.1) is 5.92 Å². The average Bonchev–Trinajstić information content (AvgIpc) is 2.64. The number of nitrogens with zero attached hydrogens (tertiary/aromatic N) is 1. The van der Waals surface area contributed by atoms with Crippen LogP contribution in [0.3, 0.4) is 0 Å². The van der Waals surface area contributed by atoms with E-state index in [1.54, 1.807) is 14.2 Å². The van der Waals surface area contributed by atoms with Gasteiger partial charge in [-0.25, -0.2) is 0 Å². The first-order valence-corrected chi connectivity index (χ1v) is 9.01. The Bertz CT molecular complexity index is 464. The normalized spacial score (nSPS) is 20.1. The zero-order chi connectivity index (χ0) is 16.1. The number of piperazine rings is 1. The van der Waals surface area contributed by atoms with Crippen LogP contribution in [0.4, 0.5) is 0 Å². The zero-order valence-corrected chi connectivity index (χ0v) is 17.0. The SMILES string of the molecule is COc1cccc(OC)c1[C@H](C1CCCCC1)N1CCNCC1.Cl.Cl. The number of methoxy groups -OCH3 is 2. The van der Waals surface area contributed by atoms with Gasteiger partial charge in [0.05, 0.1) is 19.8 Å². The molecule has 1 heterocycles. The minimum Gasteiger partial charge on any atom is -0.496 e. The van der Waals surface area contributed by atoms with E-state index >= 15 is 0 Å². The van der Waals surface area contributed by atoms with Gasteiger partial charge in [-0.3, -0.25) is 4.90 Å². The van der Waals surface area contributed by atoms with Crippen LogP contribution in [0.15, 0.2) is 18.2 Å². The molecule has 0 amide bonds. The molecule has 0 aromatic heterocycles. The third-order valence-electron chi connectivity index (χ3n) is 5.40. The second kappa shape index (κ2) is 11.1. The number of benzene rings is 1. The number of rotatable bonds is 5. The Kier molecular flexibility index (Phi) is 9.95. The fourth-order valence-electron chi connectivity index (χ4n) is 4.30. The highest BCUT2D eigenvalue weighted by atomic mass is 35.5. The predicted molar refractivity (Wildman–Crippen MR) is 108 cm³/mol. The van der Waals surface area contributed by atoms with Crippen LogP contribution < -0.4 is 14.8 Å². The van der Waals surface area contributed by atoms with Crippen LogP contribution >= 0.6 is 24.8 Å². The van der Waals surface area contributed by atoms with Crippen molar-refractivity contribution in [2.45, 2.75) is 38.1 Å². The van der Waals surface area contributed by atoms with Crippen molar-refractivity contribution >= 4 is 24.8 Å². The predicted octanol–water partition coefficient (Wildman–Crippen LogP) is 4.07. The first-order valence-electron chi connectivity index (χ1n) is 9.01. The molecule has 1 saturated carbocycles. The van der Waals surface area contributed by atoms with E-state index in [0.717, 1.165) is 37.7 Å². The molecule has 2 aliphatic rings. The van der Waals surface area contributed by atoms with Gasteiger partial charge in [0, 0.05) is 32.2 Å². The lowest BCUT2D eigenvalue weighted by atomic mass is 9.79. The minimum atomic E-state index is 0. The van der Waals surface area contributed by atoms with Gasteiger partial charge in [0.15, 0.2) is 0 Å². The molecule has 0 radical (unpaired) electrons. The third kappa shape index (κ3) is 5.16. The molecular weight excluding hydrogens is 359 g/mol. The summed E-state index contributed by atoms with van der Waals surface area (Å²) in [6.07, 6.45) is 6.72. The molecule has 0 unspecified atom stereocenters. The molecule has 4 nitrogen and oxygen atoms in total. The Morgan fingerprint density at radius 1 is 0.960 bits per heavy atom. The second-order valence-corrected chi connectivity index (χ2v) is 6.71. The van der Waals surface area contributed by atoms with E-state index < -0.39 is 0 Å². The summed E-state index contributed by atoms with van der Waals surface area (Å²) in [7, 11) is 3.54. The summed E-state index contributed by atoms with van der Waals surface area (Å²) in [4.78, 5) is 2.65. The van der Waals surface area contributed by atoms with Gasteiger partial charge in [0.1, 0.15) is 11.5 Å². The quantitative estimate of drug-likeness (QED) is 0.820. The lowest BCUT2D eigenvalue weighted by Gasteiger charge is -2.42. The van der Waals surface area contributed by atoms with E-state index in [0.29, 0.717) is 12.0 Å². The van der Waals surface area contributed by atoms with Crippen LogP contribution in [-0.4, -0.2) is 45.3 Å². The maximum atomic E-state index is 5.73. The molecular formula is C19H32Cl2N2O2. The molecule has 0 bridgehead atoms. The molecule has 25 heavy (non-hydrogen) atoms. The summed E-state index contributed by atoms with van der Waals surface area (Å²) < 4.78 is 11.5. The van der Waals surface area contributed by atoms with Crippen molar-refractivity contribution < 1.29 is 9.47 Å². The first-order chi connectivity index (χ1) is 11.3. The van der Waals surface area contributed by atoms with Gasteiger partial charge in [-0.1, -0.05) is 25.3 Å². The van der Waals surface area contributed by atoms with Gasteiger partial charge >= 0.3 is 0 Å². The van der Waals surface area contributed by atoms with Crippen LogP contribution in [0.1, 0.15) is 43.7 Å². The minimum absolute atomic E-state index is 0. The maximum Gasteiger partial charge on any atom is 0.127 e. The lowest BCUT2D eigenvalue weighted by Crippen LogP contribution is -2.47. The van der Waals surface area contributed by atoms with E-state index in [4.69, 9.17) is 9.47 Å². The molecule has 1 aromatic rings. The maximum absolute atomic E-state index is 5.73. The van der Waals surface area contributed by atoms with Crippen LogP contribution in [0.5, 0.6) is 11.5 Å². The van der Waals surface area contributed by atoms with Crippen molar-refractivity contribution in [3.63, 3.8) is 0 Å². The highest BCUT2D eigenvalue weighted by molar-refractivity contribution is 5.85. The molecule has 144 valence electrons. The van der Waals surface area contributed by atoms with Crippen molar-refractivity contribution in [1.82, 2.24) is 10.2 Å². The first kappa shape index (κ1) is 22.4. The number of nitrogens with one attached hydrogen (secondary N) is 1. The molecule has 3 rings (SSSR count). The summed E-state index contributed by atoms with van der Waals surface area (Å²) in [6.45, 7) is 4.34. The molecule has 1 saturated heterocycles. The van der Waals surface area contributed by atoms with Gasteiger partial charge < -0.3 is 14.8 Å². The number of hydrogen-bond acceptors (Lipinski definition) is 4. The van der Waals surface area contributed by atoms with Crippen LogP contribution in [0.25, 0.3) is 0 Å². The Balaban J connectivity index is 0.00000156. The molecule has 6 heteroatoms. The topological polar surface area (TPSA) is 33.7 Å². The Labute approximate surface area is 164 Å². The van der Waals surface area contributed by atoms with Gasteiger partial charge in [-0.05, 0) is 30.9 Å². The summed E-state index contributed by atoms with van der Waals surface area (Å²) >= 11 is 0. The average molecular weight is 391 g/mol. The molecule has 1 aliphatic carbocycles. The Morgan fingerprint density at radius 2 is 1.52 bits per heavy atom. The summed E-state index contributed by atoms with van der Waals surface area (Å²) in [5.74, 6) is 2.64. The van der Waals surface area contributed by atoms with Crippen molar-refractivity contribution in [3.05, 3.63) is 23.8 Å². The largest absolute Gasteiger partial charge is 0.496 e. The van der Waals surface area contributed by atoms with Crippen LogP contribution in [-0.2, 0) is 0 Å². The summed E-state index contributed by atoms with van der Waals surface area (Å²) in [6, 6.07) is 6.59. The molecule has 0 spiro atoms.